The Morgan fingerprint density at radius 2 is 1.95 bits per heavy atom. The Balaban J connectivity index is 2.25. The average molecular weight is 300 g/mol. The highest BCUT2D eigenvalue weighted by molar-refractivity contribution is 6.36. The molecule has 0 heterocycles. The van der Waals surface area contributed by atoms with E-state index in [0.717, 1.165) is 28.7 Å². The van der Waals surface area contributed by atoms with Crippen LogP contribution in [-0.4, -0.2) is 13.1 Å². The molecular formula is C16H23Cl2N. The van der Waals surface area contributed by atoms with Gasteiger partial charge in [-0.25, -0.2) is 0 Å². The van der Waals surface area contributed by atoms with E-state index in [1.54, 1.807) is 0 Å². The van der Waals surface area contributed by atoms with Crippen LogP contribution in [0.1, 0.15) is 39.2 Å². The normalized spacial score (nSPS) is 26.5. The van der Waals surface area contributed by atoms with Crippen LogP contribution in [0.3, 0.4) is 0 Å². The predicted molar refractivity (Wildman–Crippen MR) is 84.2 cm³/mol. The SMILES string of the molecule is CC(C)CNCC1(c2c(Cl)cccc2Cl)CCC1C. The van der Waals surface area contributed by atoms with Gasteiger partial charge in [-0.3, -0.25) is 0 Å². The standard InChI is InChI=1S/C16H23Cl2N/c1-11(2)9-19-10-16(8-7-12(16)3)15-13(17)5-4-6-14(15)18/h4-6,11-12,19H,7-10H2,1-3H3. The van der Waals surface area contributed by atoms with Crippen LogP contribution in [0, 0.1) is 11.8 Å². The minimum absolute atomic E-state index is 0.115. The van der Waals surface area contributed by atoms with Gasteiger partial charge in [0.1, 0.15) is 0 Å². The largest absolute Gasteiger partial charge is 0.316 e. The molecule has 0 bridgehead atoms. The lowest BCUT2D eigenvalue weighted by molar-refractivity contribution is 0.133. The molecule has 1 N–H and O–H groups in total. The van der Waals surface area contributed by atoms with Gasteiger partial charge in [-0.2, -0.15) is 0 Å². The first-order chi connectivity index (χ1) is 8.97. The molecule has 2 atom stereocenters. The summed E-state index contributed by atoms with van der Waals surface area (Å²) in [5.41, 5.74) is 1.26. The van der Waals surface area contributed by atoms with E-state index < -0.39 is 0 Å². The summed E-state index contributed by atoms with van der Waals surface area (Å²) in [5, 5.41) is 5.21. The van der Waals surface area contributed by atoms with Crippen molar-refractivity contribution in [3.63, 3.8) is 0 Å². The molecule has 1 saturated carbocycles. The number of hydrogen-bond donors (Lipinski definition) is 1. The zero-order valence-corrected chi connectivity index (χ0v) is 13.5. The number of rotatable bonds is 5. The zero-order valence-electron chi connectivity index (χ0n) is 12.0. The molecule has 1 fully saturated rings. The van der Waals surface area contributed by atoms with E-state index >= 15 is 0 Å². The van der Waals surface area contributed by atoms with E-state index in [1.165, 1.54) is 12.8 Å². The Bertz CT molecular complexity index is 424. The highest BCUT2D eigenvalue weighted by atomic mass is 35.5. The van der Waals surface area contributed by atoms with Crippen LogP contribution in [-0.2, 0) is 5.41 Å². The summed E-state index contributed by atoms with van der Waals surface area (Å²) in [5.74, 6) is 1.29. The van der Waals surface area contributed by atoms with Crippen molar-refractivity contribution in [3.8, 4) is 0 Å². The van der Waals surface area contributed by atoms with Crippen LogP contribution in [0.4, 0.5) is 0 Å². The number of halogens is 2. The van der Waals surface area contributed by atoms with Crippen molar-refractivity contribution in [2.24, 2.45) is 11.8 Å². The minimum Gasteiger partial charge on any atom is -0.316 e. The van der Waals surface area contributed by atoms with Gasteiger partial charge in [0.2, 0.25) is 0 Å². The van der Waals surface area contributed by atoms with Gasteiger partial charge in [0.05, 0.1) is 0 Å². The van der Waals surface area contributed by atoms with Crippen molar-refractivity contribution in [2.45, 2.75) is 39.0 Å². The number of nitrogens with one attached hydrogen (secondary N) is 1. The van der Waals surface area contributed by atoms with Crippen LogP contribution in [0.5, 0.6) is 0 Å². The minimum atomic E-state index is 0.115. The lowest BCUT2D eigenvalue weighted by Gasteiger charge is -2.50. The summed E-state index contributed by atoms with van der Waals surface area (Å²) in [4.78, 5) is 0. The average Bonchev–Trinajstić information content (AvgIpc) is 2.34. The van der Waals surface area contributed by atoms with Gasteiger partial charge in [0.15, 0.2) is 0 Å². The molecule has 2 unspecified atom stereocenters. The fraction of sp³-hybridized carbons (Fsp3) is 0.625. The highest BCUT2D eigenvalue weighted by Crippen LogP contribution is 2.52. The van der Waals surface area contributed by atoms with Gasteiger partial charge < -0.3 is 5.32 Å². The van der Waals surface area contributed by atoms with E-state index in [-0.39, 0.29) is 5.41 Å². The molecule has 1 aliphatic carbocycles. The number of hydrogen-bond acceptors (Lipinski definition) is 1. The molecule has 19 heavy (non-hydrogen) atoms. The Labute approximate surface area is 126 Å². The lowest BCUT2D eigenvalue weighted by atomic mass is 9.57. The third-order valence-electron chi connectivity index (χ3n) is 4.42. The summed E-state index contributed by atoms with van der Waals surface area (Å²) in [7, 11) is 0. The van der Waals surface area contributed by atoms with Gasteiger partial charge in [-0.05, 0) is 48.9 Å². The third kappa shape index (κ3) is 2.94. The quantitative estimate of drug-likeness (QED) is 0.815. The lowest BCUT2D eigenvalue weighted by Crippen LogP contribution is -2.51. The molecule has 0 aliphatic heterocycles. The Morgan fingerprint density at radius 1 is 1.32 bits per heavy atom. The maximum atomic E-state index is 6.42. The van der Waals surface area contributed by atoms with Crippen LogP contribution in [0.2, 0.25) is 10.0 Å². The van der Waals surface area contributed by atoms with Gasteiger partial charge >= 0.3 is 0 Å². The Morgan fingerprint density at radius 3 is 2.37 bits per heavy atom. The first kappa shape index (κ1) is 15.2. The topological polar surface area (TPSA) is 12.0 Å². The molecular weight excluding hydrogens is 277 g/mol. The van der Waals surface area contributed by atoms with Gasteiger partial charge in [-0.15, -0.1) is 0 Å². The van der Waals surface area contributed by atoms with Crippen LogP contribution >= 0.6 is 23.2 Å². The monoisotopic (exact) mass is 299 g/mol. The molecule has 106 valence electrons. The summed E-state index contributed by atoms with van der Waals surface area (Å²) >= 11 is 12.8. The number of benzene rings is 1. The van der Waals surface area contributed by atoms with Crippen molar-refractivity contribution in [1.29, 1.82) is 0 Å². The van der Waals surface area contributed by atoms with Gasteiger partial charge in [-0.1, -0.05) is 50.0 Å². The fourth-order valence-corrected chi connectivity index (χ4v) is 3.84. The van der Waals surface area contributed by atoms with Gasteiger partial charge in [0, 0.05) is 22.0 Å². The Kier molecular flexibility index (Phi) is 4.81. The second kappa shape index (κ2) is 6.03. The van der Waals surface area contributed by atoms with E-state index in [2.05, 4.69) is 26.1 Å². The van der Waals surface area contributed by atoms with E-state index in [4.69, 9.17) is 23.2 Å². The molecule has 0 amide bonds. The zero-order chi connectivity index (χ0) is 14.0. The molecule has 1 aromatic rings. The molecule has 0 aromatic heterocycles. The molecule has 1 aliphatic rings. The summed E-state index contributed by atoms with van der Waals surface area (Å²) in [6, 6.07) is 5.84. The summed E-state index contributed by atoms with van der Waals surface area (Å²) in [6.45, 7) is 8.77. The van der Waals surface area contributed by atoms with Crippen LogP contribution in [0.25, 0.3) is 0 Å². The molecule has 0 radical (unpaired) electrons. The van der Waals surface area contributed by atoms with E-state index in [1.807, 2.05) is 18.2 Å². The van der Waals surface area contributed by atoms with E-state index in [0.29, 0.717) is 11.8 Å². The maximum absolute atomic E-state index is 6.42. The fourth-order valence-electron chi connectivity index (χ4n) is 3.06. The second-order valence-corrected chi connectivity index (χ2v) is 7.03. The smallest absolute Gasteiger partial charge is 0.0459 e. The Hall–Kier alpha value is -0.240. The molecule has 1 aromatic carbocycles. The molecule has 3 heteroatoms. The maximum Gasteiger partial charge on any atom is 0.0459 e. The van der Waals surface area contributed by atoms with Crippen molar-refractivity contribution >= 4 is 23.2 Å². The molecule has 0 saturated heterocycles. The van der Waals surface area contributed by atoms with E-state index in [9.17, 15) is 0 Å². The molecule has 1 nitrogen and oxygen atoms in total. The molecule has 2 rings (SSSR count). The second-order valence-electron chi connectivity index (χ2n) is 6.22. The van der Waals surface area contributed by atoms with Crippen molar-refractivity contribution in [2.75, 3.05) is 13.1 Å². The van der Waals surface area contributed by atoms with Gasteiger partial charge in [0.25, 0.3) is 0 Å². The summed E-state index contributed by atoms with van der Waals surface area (Å²) in [6.07, 6.45) is 2.42. The third-order valence-corrected chi connectivity index (χ3v) is 5.05. The van der Waals surface area contributed by atoms with Crippen LogP contribution < -0.4 is 5.32 Å². The first-order valence-electron chi connectivity index (χ1n) is 7.12. The van der Waals surface area contributed by atoms with Crippen molar-refractivity contribution in [1.82, 2.24) is 5.32 Å². The van der Waals surface area contributed by atoms with Crippen molar-refractivity contribution in [3.05, 3.63) is 33.8 Å². The molecule has 0 spiro atoms. The highest BCUT2D eigenvalue weighted by Gasteiger charge is 2.47. The predicted octanol–water partition coefficient (Wildman–Crippen LogP) is 4.91. The summed E-state index contributed by atoms with van der Waals surface area (Å²) < 4.78 is 0. The van der Waals surface area contributed by atoms with Crippen molar-refractivity contribution < 1.29 is 0 Å². The first-order valence-corrected chi connectivity index (χ1v) is 7.88. The van der Waals surface area contributed by atoms with Crippen LogP contribution in [0.15, 0.2) is 18.2 Å².